The summed E-state index contributed by atoms with van der Waals surface area (Å²) < 4.78 is 30.6. The Labute approximate surface area is 165 Å². The van der Waals surface area contributed by atoms with Crippen molar-refractivity contribution in [3.05, 3.63) is 83.4 Å². The Kier molecular flexibility index (Phi) is 7.50. The van der Waals surface area contributed by atoms with Gasteiger partial charge in [0.1, 0.15) is 5.92 Å². The van der Waals surface area contributed by atoms with E-state index in [-0.39, 0.29) is 29.2 Å². The smallest absolute Gasteiger partial charge is 0.316 e. The summed E-state index contributed by atoms with van der Waals surface area (Å²) in [6.07, 6.45) is -0.0702. The van der Waals surface area contributed by atoms with Gasteiger partial charge in [-0.1, -0.05) is 55.1 Å². The molecule has 0 aliphatic rings. The van der Waals surface area contributed by atoms with Crippen LogP contribution in [0.4, 0.5) is 0 Å². The first-order valence-electron chi connectivity index (χ1n) is 8.86. The predicted octanol–water partition coefficient (Wildman–Crippen LogP) is 3.97. The third-order valence-electron chi connectivity index (χ3n) is 4.18. The molecule has 0 heterocycles. The molecule has 0 fully saturated rings. The van der Waals surface area contributed by atoms with E-state index in [0.29, 0.717) is 5.56 Å². The average Bonchev–Trinajstić information content (AvgIpc) is 2.72. The van der Waals surface area contributed by atoms with Gasteiger partial charge in [-0.3, -0.25) is 9.59 Å². The van der Waals surface area contributed by atoms with E-state index in [2.05, 4.69) is 12.3 Å². The summed E-state index contributed by atoms with van der Waals surface area (Å²) in [4.78, 5) is 25.2. The first-order chi connectivity index (χ1) is 13.4. The molecule has 0 amide bonds. The van der Waals surface area contributed by atoms with Crippen molar-refractivity contribution in [2.24, 2.45) is 5.92 Å². The molecule has 0 aliphatic carbocycles. The number of hydrogen-bond donors (Lipinski definition) is 0. The van der Waals surface area contributed by atoms with Crippen LogP contribution in [0.3, 0.4) is 0 Å². The molecule has 1 atom stereocenters. The number of carbonyl (C=O) groups is 2. The zero-order valence-electron chi connectivity index (χ0n) is 15.6. The van der Waals surface area contributed by atoms with Crippen molar-refractivity contribution in [2.45, 2.75) is 24.7 Å². The van der Waals surface area contributed by atoms with Gasteiger partial charge < -0.3 is 4.74 Å². The van der Waals surface area contributed by atoms with E-state index in [1.54, 1.807) is 55.5 Å². The summed E-state index contributed by atoms with van der Waals surface area (Å²) >= 11 is 0. The van der Waals surface area contributed by atoms with E-state index in [1.807, 2.05) is 0 Å². The minimum atomic E-state index is -3.80. The SMILES string of the molecule is C=C=C(CCC(C(=O)OCC)C(=O)c1ccccc1)S(=O)(=O)c1ccccc1. The maximum absolute atomic E-state index is 12.8. The van der Waals surface area contributed by atoms with Crippen molar-refractivity contribution >= 4 is 21.6 Å². The highest BCUT2D eigenvalue weighted by molar-refractivity contribution is 7.95. The number of allylic oxidation sites excluding steroid dienone is 1. The Hall–Kier alpha value is -2.95. The van der Waals surface area contributed by atoms with Crippen LogP contribution in [-0.2, 0) is 19.4 Å². The number of rotatable bonds is 9. The molecule has 146 valence electrons. The zero-order chi connectivity index (χ0) is 20.6. The van der Waals surface area contributed by atoms with Crippen LogP contribution in [-0.4, -0.2) is 26.8 Å². The molecule has 5 nitrogen and oxygen atoms in total. The normalized spacial score (nSPS) is 11.9. The Balaban J connectivity index is 2.25. The van der Waals surface area contributed by atoms with Crippen LogP contribution in [0.5, 0.6) is 0 Å². The Morgan fingerprint density at radius 3 is 2.14 bits per heavy atom. The first-order valence-corrected chi connectivity index (χ1v) is 10.3. The van der Waals surface area contributed by atoms with Crippen LogP contribution in [0.15, 0.2) is 82.8 Å². The van der Waals surface area contributed by atoms with Crippen LogP contribution in [0, 0.1) is 5.92 Å². The molecule has 0 N–H and O–H groups in total. The van der Waals surface area contributed by atoms with Crippen molar-refractivity contribution in [3.63, 3.8) is 0 Å². The fraction of sp³-hybridized carbons (Fsp3) is 0.227. The average molecular weight is 398 g/mol. The number of sulfone groups is 1. The number of carbonyl (C=O) groups excluding carboxylic acids is 2. The highest BCUT2D eigenvalue weighted by atomic mass is 32.2. The largest absolute Gasteiger partial charge is 0.465 e. The maximum Gasteiger partial charge on any atom is 0.316 e. The zero-order valence-corrected chi connectivity index (χ0v) is 16.4. The minimum absolute atomic E-state index is 0.0174. The quantitative estimate of drug-likeness (QED) is 0.276. The van der Waals surface area contributed by atoms with Gasteiger partial charge in [0.2, 0.25) is 9.84 Å². The van der Waals surface area contributed by atoms with E-state index in [4.69, 9.17) is 4.74 Å². The van der Waals surface area contributed by atoms with Crippen molar-refractivity contribution in [2.75, 3.05) is 6.61 Å². The number of ether oxygens (including phenoxy) is 1. The summed E-state index contributed by atoms with van der Waals surface area (Å²) in [7, 11) is -3.80. The van der Waals surface area contributed by atoms with E-state index in [0.717, 1.165) is 0 Å². The van der Waals surface area contributed by atoms with Crippen LogP contribution in [0.1, 0.15) is 30.1 Å². The third kappa shape index (κ3) is 5.06. The molecule has 2 rings (SSSR count). The number of hydrogen-bond acceptors (Lipinski definition) is 5. The van der Waals surface area contributed by atoms with Gasteiger partial charge in [-0.2, -0.15) is 0 Å². The molecule has 0 saturated heterocycles. The lowest BCUT2D eigenvalue weighted by atomic mass is 9.93. The van der Waals surface area contributed by atoms with Crippen LogP contribution in [0.2, 0.25) is 0 Å². The predicted molar refractivity (Wildman–Crippen MR) is 106 cm³/mol. The second kappa shape index (κ2) is 9.83. The molecule has 0 aromatic heterocycles. The molecular formula is C22H22O5S. The second-order valence-corrected chi connectivity index (χ2v) is 7.96. The first kappa shape index (κ1) is 21.4. The third-order valence-corrected chi connectivity index (χ3v) is 6.07. The monoisotopic (exact) mass is 398 g/mol. The van der Waals surface area contributed by atoms with Gasteiger partial charge in [0.05, 0.1) is 16.4 Å². The number of esters is 1. The molecule has 6 heteroatoms. The molecule has 0 bridgehead atoms. The number of benzene rings is 2. The van der Waals surface area contributed by atoms with Crippen molar-refractivity contribution in [1.29, 1.82) is 0 Å². The lowest BCUT2D eigenvalue weighted by Crippen LogP contribution is -2.27. The molecule has 0 spiro atoms. The molecule has 2 aromatic carbocycles. The lowest BCUT2D eigenvalue weighted by molar-refractivity contribution is -0.146. The van der Waals surface area contributed by atoms with Crippen molar-refractivity contribution in [1.82, 2.24) is 0 Å². The summed E-state index contributed by atoms with van der Waals surface area (Å²) in [5.41, 5.74) is 2.83. The molecule has 2 aromatic rings. The van der Waals surface area contributed by atoms with E-state index in [9.17, 15) is 18.0 Å². The number of ketones is 1. The highest BCUT2D eigenvalue weighted by Gasteiger charge is 2.30. The summed E-state index contributed by atoms with van der Waals surface area (Å²) in [6, 6.07) is 16.3. The van der Waals surface area contributed by atoms with Crippen LogP contribution >= 0.6 is 0 Å². The molecule has 28 heavy (non-hydrogen) atoms. The Morgan fingerprint density at radius 2 is 1.61 bits per heavy atom. The van der Waals surface area contributed by atoms with Gasteiger partial charge in [-0.05, 0) is 31.9 Å². The summed E-state index contributed by atoms with van der Waals surface area (Å²) in [5.74, 6) is -2.17. The van der Waals surface area contributed by atoms with E-state index >= 15 is 0 Å². The van der Waals surface area contributed by atoms with Gasteiger partial charge in [-0.25, -0.2) is 8.42 Å². The molecule has 0 aliphatic heterocycles. The fourth-order valence-electron chi connectivity index (χ4n) is 2.74. The minimum Gasteiger partial charge on any atom is -0.465 e. The highest BCUT2D eigenvalue weighted by Crippen LogP contribution is 2.25. The van der Waals surface area contributed by atoms with Crippen molar-refractivity contribution < 1.29 is 22.7 Å². The van der Waals surface area contributed by atoms with Crippen molar-refractivity contribution in [3.8, 4) is 0 Å². The van der Waals surface area contributed by atoms with Gasteiger partial charge >= 0.3 is 5.97 Å². The van der Waals surface area contributed by atoms with E-state index < -0.39 is 27.5 Å². The van der Waals surface area contributed by atoms with Gasteiger partial charge in [-0.15, -0.1) is 5.73 Å². The molecular weight excluding hydrogens is 376 g/mol. The van der Waals surface area contributed by atoms with Gasteiger partial charge in [0.25, 0.3) is 0 Å². The molecule has 0 saturated carbocycles. The lowest BCUT2D eigenvalue weighted by Gasteiger charge is -2.15. The Bertz CT molecular complexity index is 972. The molecule has 1 unspecified atom stereocenters. The second-order valence-electron chi connectivity index (χ2n) is 5.99. The maximum atomic E-state index is 12.8. The van der Waals surface area contributed by atoms with E-state index in [1.165, 1.54) is 12.1 Å². The van der Waals surface area contributed by atoms with Gasteiger partial charge in [0.15, 0.2) is 5.78 Å². The van der Waals surface area contributed by atoms with Crippen LogP contribution in [0.25, 0.3) is 0 Å². The fourth-order valence-corrected chi connectivity index (χ4v) is 4.11. The summed E-state index contributed by atoms with van der Waals surface area (Å²) in [6.45, 7) is 5.25. The van der Waals surface area contributed by atoms with Crippen LogP contribution < -0.4 is 0 Å². The Morgan fingerprint density at radius 1 is 1.04 bits per heavy atom. The molecule has 0 radical (unpaired) electrons. The number of Topliss-reactive ketones (excluding diaryl/α,β-unsaturated/α-hetero) is 1. The topological polar surface area (TPSA) is 77.5 Å². The van der Waals surface area contributed by atoms with Gasteiger partial charge in [0, 0.05) is 5.56 Å². The standard InChI is InChI=1S/C22H22O5S/c1-3-18(28(25,26)19-13-9-6-10-14-19)15-16-20(22(24)27-4-2)21(23)17-11-7-5-8-12-17/h5-14,20H,1,4,15-16H2,2H3. The summed E-state index contributed by atoms with van der Waals surface area (Å²) in [5, 5.41) is 0.